The molecule has 0 radical (unpaired) electrons. The summed E-state index contributed by atoms with van der Waals surface area (Å²) in [6.07, 6.45) is 3.09. The van der Waals surface area contributed by atoms with Crippen molar-refractivity contribution < 1.29 is 43.0 Å². The van der Waals surface area contributed by atoms with E-state index in [1.54, 1.807) is 0 Å². The normalized spacial score (nSPS) is 17.5. The molecule has 0 aliphatic heterocycles. The Hall–Kier alpha value is -4.75. The van der Waals surface area contributed by atoms with Crippen molar-refractivity contribution in [1.82, 2.24) is 10.6 Å². The minimum absolute atomic E-state index is 0.0524. The zero-order valence-corrected chi connectivity index (χ0v) is 21.5. The second-order valence-electron chi connectivity index (χ2n) is 8.78. The van der Waals surface area contributed by atoms with Crippen molar-refractivity contribution in [2.75, 3.05) is 14.2 Å². The van der Waals surface area contributed by atoms with Crippen LogP contribution in [0.1, 0.15) is 32.1 Å². The molecule has 0 saturated heterocycles. The molecule has 0 aromatic heterocycles. The summed E-state index contributed by atoms with van der Waals surface area (Å²) in [5.74, 6) is -2.80. The summed E-state index contributed by atoms with van der Waals surface area (Å²) in [6, 6.07) is 0. The van der Waals surface area contributed by atoms with Gasteiger partial charge in [-0.25, -0.2) is 9.59 Å². The molecule has 2 amide bonds. The van der Waals surface area contributed by atoms with Crippen LogP contribution in [-0.4, -0.2) is 86.0 Å². The predicted molar refractivity (Wildman–Crippen MR) is 138 cm³/mol. The number of hydrogen-bond donors (Lipinski definition) is 3. The minimum atomic E-state index is -2.05. The van der Waals surface area contributed by atoms with E-state index < -0.39 is 64.8 Å². The van der Waals surface area contributed by atoms with E-state index in [0.29, 0.717) is 6.40 Å². The van der Waals surface area contributed by atoms with Gasteiger partial charge in [-0.05, 0) is 57.0 Å². The van der Waals surface area contributed by atoms with E-state index in [1.807, 2.05) is 0 Å². The van der Waals surface area contributed by atoms with Crippen molar-refractivity contribution in [3.63, 3.8) is 0 Å². The van der Waals surface area contributed by atoms with Gasteiger partial charge in [-0.2, -0.15) is 0 Å². The number of nitrogens with zero attached hydrogens (tertiary/aromatic N) is 2. The zero-order valence-electron chi connectivity index (χ0n) is 21.5. The molecule has 0 atom stereocenters. The predicted octanol–water partition coefficient (Wildman–Crippen LogP) is 1.15. The van der Waals surface area contributed by atoms with E-state index in [2.05, 4.69) is 38.8 Å². The molecule has 0 heterocycles. The number of ether oxygens (including phenoxy) is 3. The maximum Gasteiger partial charge on any atom is 0.411 e. The van der Waals surface area contributed by atoms with Crippen molar-refractivity contribution in [2.45, 2.75) is 48.7 Å². The smallest absolute Gasteiger partial charge is 0.411 e. The molecule has 0 unspecified atom stereocenters. The topological polar surface area (TPSA) is 203 Å². The van der Waals surface area contributed by atoms with E-state index >= 15 is 0 Å². The molecule has 2 aliphatic rings. The highest BCUT2D eigenvalue weighted by Gasteiger charge is 2.57. The first kappa shape index (κ1) is 30.5. The molecule has 0 bridgehead atoms. The number of nitrogens with one attached hydrogen (secondary N) is 3. The number of hydrogen-bond acceptors (Lipinski definition) is 12. The number of rotatable bonds is 14. The Bertz CT molecular complexity index is 1090. The van der Waals surface area contributed by atoms with E-state index in [0.717, 1.165) is 44.8 Å². The molecular weight excluding hydrogens is 514 g/mol. The van der Waals surface area contributed by atoms with Crippen LogP contribution in [0, 0.1) is 5.41 Å². The van der Waals surface area contributed by atoms with E-state index in [9.17, 15) is 28.8 Å². The van der Waals surface area contributed by atoms with Crippen LogP contribution in [0.5, 0.6) is 0 Å². The highest BCUT2D eigenvalue weighted by atomic mass is 16.5. The van der Waals surface area contributed by atoms with Crippen LogP contribution in [0.25, 0.3) is 0 Å². The van der Waals surface area contributed by atoms with Gasteiger partial charge in [0.05, 0.1) is 19.9 Å². The average molecular weight is 544 g/mol. The van der Waals surface area contributed by atoms with Crippen molar-refractivity contribution in [1.29, 1.82) is 5.41 Å². The number of allylic oxidation sites excluding steroid dienone is 1. The highest BCUT2D eigenvalue weighted by Crippen LogP contribution is 2.41. The van der Waals surface area contributed by atoms with Gasteiger partial charge < -0.3 is 19.5 Å². The largest absolute Gasteiger partial charge is 0.453 e. The molecule has 2 rings (SSSR count). The Kier molecular flexibility index (Phi) is 9.90. The van der Waals surface area contributed by atoms with Gasteiger partial charge in [0.25, 0.3) is 0 Å². The Morgan fingerprint density at radius 1 is 0.923 bits per heavy atom. The third-order valence-corrected chi connectivity index (χ3v) is 6.51. The van der Waals surface area contributed by atoms with Gasteiger partial charge in [0.1, 0.15) is 6.26 Å². The van der Waals surface area contributed by atoms with Gasteiger partial charge in [-0.15, -0.1) is 0 Å². The highest BCUT2D eigenvalue weighted by molar-refractivity contribution is 6.27. The number of carbonyl (C=O) groups is 6. The fraction of sp³-hybridized carbons (Fsp3) is 0.400. The van der Waals surface area contributed by atoms with Gasteiger partial charge in [0.15, 0.2) is 40.6 Å². The summed E-state index contributed by atoms with van der Waals surface area (Å²) < 4.78 is 14.2. The molecule has 208 valence electrons. The van der Waals surface area contributed by atoms with Crippen LogP contribution in [0.4, 0.5) is 9.59 Å². The Morgan fingerprint density at radius 2 is 1.38 bits per heavy atom. The van der Waals surface area contributed by atoms with Gasteiger partial charge >= 0.3 is 12.2 Å². The molecule has 0 aromatic carbocycles. The number of methoxy groups -OCH3 is 2. The van der Waals surface area contributed by atoms with Gasteiger partial charge in [-0.1, -0.05) is 0 Å². The Balaban J connectivity index is 2.58. The summed E-state index contributed by atoms with van der Waals surface area (Å²) in [4.78, 5) is 83.4. The lowest BCUT2D eigenvalue weighted by atomic mass is 9.69. The first-order valence-corrected chi connectivity index (χ1v) is 11.5. The van der Waals surface area contributed by atoms with Crippen molar-refractivity contribution in [3.05, 3.63) is 36.3 Å². The maximum absolute atomic E-state index is 12.9. The third-order valence-electron chi connectivity index (χ3n) is 6.51. The molecular formula is C25H29N5O9. The van der Waals surface area contributed by atoms with Crippen LogP contribution in [0.3, 0.4) is 0 Å². The maximum atomic E-state index is 12.9. The summed E-state index contributed by atoms with van der Waals surface area (Å²) >= 11 is 0. The second kappa shape index (κ2) is 12.7. The van der Waals surface area contributed by atoms with Gasteiger partial charge in [0, 0.05) is 18.4 Å². The fourth-order valence-electron chi connectivity index (χ4n) is 4.57. The zero-order chi connectivity index (χ0) is 29.3. The molecule has 14 nitrogen and oxygen atoms in total. The summed E-state index contributed by atoms with van der Waals surface area (Å²) in [7, 11) is 2.23. The minimum Gasteiger partial charge on any atom is -0.453 e. The molecule has 14 heteroatoms. The molecule has 2 aliphatic carbocycles. The summed E-state index contributed by atoms with van der Waals surface area (Å²) in [5, 5.41) is 12.1. The molecule has 0 spiro atoms. The van der Waals surface area contributed by atoms with Gasteiger partial charge in [-0.3, -0.25) is 39.9 Å². The number of carbonyl (C=O) groups excluding carboxylic acids is 6. The van der Waals surface area contributed by atoms with Crippen molar-refractivity contribution in [3.8, 4) is 0 Å². The van der Waals surface area contributed by atoms with Crippen LogP contribution >= 0.6 is 0 Å². The molecule has 0 fully saturated rings. The van der Waals surface area contributed by atoms with E-state index in [1.165, 1.54) is 0 Å². The SMILES string of the molecule is C=NC1(CC(CCC/C(=C\OC=N)NC(=O)OC)(CC2(N=C)C(=O)C=CC2=O)NC(=O)OC)C(=O)C=CC1=O. The lowest BCUT2D eigenvalue weighted by molar-refractivity contribution is -0.129. The monoisotopic (exact) mass is 543 g/mol. The van der Waals surface area contributed by atoms with E-state index in [-0.39, 0.29) is 25.0 Å². The number of amides is 2. The number of ketones is 4. The number of aliphatic imine (C=N–C) groups is 2. The summed E-state index contributed by atoms with van der Waals surface area (Å²) in [6.45, 7) is 6.83. The Morgan fingerprint density at radius 3 is 1.77 bits per heavy atom. The molecule has 0 aromatic rings. The van der Waals surface area contributed by atoms with Crippen LogP contribution < -0.4 is 10.6 Å². The molecule has 3 N–H and O–H groups in total. The van der Waals surface area contributed by atoms with Crippen molar-refractivity contribution >= 4 is 55.2 Å². The van der Waals surface area contributed by atoms with Crippen molar-refractivity contribution in [2.24, 2.45) is 9.98 Å². The lowest BCUT2D eigenvalue weighted by Crippen LogP contribution is -2.60. The van der Waals surface area contributed by atoms with Crippen LogP contribution in [0.15, 0.2) is 46.2 Å². The lowest BCUT2D eigenvalue weighted by Gasteiger charge is -2.42. The second-order valence-corrected chi connectivity index (χ2v) is 8.78. The first-order valence-electron chi connectivity index (χ1n) is 11.5. The first-order chi connectivity index (χ1) is 18.5. The Labute approximate surface area is 223 Å². The number of alkyl carbamates (subject to hydrolysis) is 2. The third kappa shape index (κ3) is 6.40. The average Bonchev–Trinajstić information content (AvgIpc) is 3.36. The quantitative estimate of drug-likeness (QED) is 0.124. The standard InChI is InChI=1S/C25H29N5O9/c1-27-24(17(31)7-8-18(24)32)13-23(30-22(36)38-4,14-25(28-2)19(33)9-10-20(25)34)11-5-6-16(12-39-15-26)29-21(35)37-3/h7-10,12,15,26H,1-2,5-6,11,13-14H2,3-4H3,(H,29,35)(H,30,36)/b16-12+,26-15?. The molecule has 39 heavy (non-hydrogen) atoms. The van der Waals surface area contributed by atoms with E-state index in [4.69, 9.17) is 14.9 Å². The van der Waals surface area contributed by atoms with Gasteiger partial charge in [0.2, 0.25) is 0 Å². The van der Waals surface area contributed by atoms with Crippen LogP contribution in [0.2, 0.25) is 0 Å². The molecule has 0 saturated carbocycles. The fourth-order valence-corrected chi connectivity index (χ4v) is 4.57. The summed E-state index contributed by atoms with van der Waals surface area (Å²) in [5.41, 5.74) is -5.61. The van der Waals surface area contributed by atoms with Crippen LogP contribution in [-0.2, 0) is 33.4 Å².